The average Bonchev–Trinajstić information content (AvgIpc) is 2.67. The number of carbonyl (C=O) groups excluding carboxylic acids is 3. The second kappa shape index (κ2) is 9.67. The van der Waals surface area contributed by atoms with Crippen LogP contribution in [0.4, 0.5) is 10.5 Å². The Morgan fingerprint density at radius 2 is 1.47 bits per heavy atom. The molecule has 0 spiro atoms. The van der Waals surface area contributed by atoms with Gasteiger partial charge in [0.25, 0.3) is 0 Å². The van der Waals surface area contributed by atoms with Gasteiger partial charge in [0.15, 0.2) is 0 Å². The number of hydrogen-bond donors (Lipinski definition) is 4. The number of urea groups is 1. The first-order chi connectivity index (χ1) is 14.9. The van der Waals surface area contributed by atoms with Crippen LogP contribution in [-0.4, -0.2) is 59.0 Å². The number of anilines is 1. The number of likely N-dealkylation sites (tertiary alicyclic amines) is 1. The Labute approximate surface area is 194 Å². The number of nitrogens with one attached hydrogen (secondary N) is 4. The third-order valence-corrected chi connectivity index (χ3v) is 6.20. The van der Waals surface area contributed by atoms with Crippen molar-refractivity contribution in [2.45, 2.75) is 76.5 Å². The number of benzene rings is 1. The minimum atomic E-state index is -0.719. The van der Waals surface area contributed by atoms with Gasteiger partial charge in [0, 0.05) is 47.0 Å². The van der Waals surface area contributed by atoms with Crippen molar-refractivity contribution in [3.8, 4) is 0 Å². The number of carbonyl (C=O) groups is 3. The monoisotopic (exact) mass is 463 g/mol. The van der Waals surface area contributed by atoms with Crippen molar-refractivity contribution < 1.29 is 14.4 Å². The molecule has 9 heteroatoms. The van der Waals surface area contributed by atoms with Gasteiger partial charge in [-0.05, 0) is 77.6 Å². The Balaban J connectivity index is 1.43. The summed E-state index contributed by atoms with van der Waals surface area (Å²) in [6, 6.07) is 6.46. The van der Waals surface area contributed by atoms with E-state index in [1.807, 2.05) is 0 Å². The molecule has 2 aliphatic rings. The number of halogens is 1. The SMILES string of the molecule is CC1(C)CC(NC(=O)N2CCC(NC(=O)C(=O)Nc3ccc(Cl)cc3)CC2)CC(C)(C)N1. The molecule has 3 rings (SSSR count). The van der Waals surface area contributed by atoms with E-state index in [0.717, 1.165) is 12.8 Å². The fourth-order valence-electron chi connectivity index (χ4n) is 4.89. The Kier molecular flexibility index (Phi) is 7.35. The summed E-state index contributed by atoms with van der Waals surface area (Å²) in [6.45, 7) is 9.70. The molecule has 0 aliphatic carbocycles. The first-order valence-corrected chi connectivity index (χ1v) is 11.5. The fourth-order valence-corrected chi connectivity index (χ4v) is 5.02. The molecule has 2 heterocycles. The minimum Gasteiger partial charge on any atom is -0.345 e. The lowest BCUT2D eigenvalue weighted by atomic mass is 9.79. The lowest BCUT2D eigenvalue weighted by Crippen LogP contribution is -2.63. The lowest BCUT2D eigenvalue weighted by molar-refractivity contribution is -0.136. The number of amides is 4. The maximum atomic E-state index is 12.8. The molecular weight excluding hydrogens is 430 g/mol. The van der Waals surface area contributed by atoms with E-state index in [0.29, 0.717) is 36.6 Å². The highest BCUT2D eigenvalue weighted by molar-refractivity contribution is 6.39. The van der Waals surface area contributed by atoms with Crippen molar-refractivity contribution in [2.24, 2.45) is 0 Å². The molecule has 1 aromatic rings. The van der Waals surface area contributed by atoms with Crippen LogP contribution in [-0.2, 0) is 9.59 Å². The molecule has 32 heavy (non-hydrogen) atoms. The van der Waals surface area contributed by atoms with E-state index in [1.54, 1.807) is 29.2 Å². The zero-order valence-electron chi connectivity index (χ0n) is 19.3. The Morgan fingerprint density at radius 3 is 2.03 bits per heavy atom. The zero-order chi connectivity index (χ0) is 23.5. The maximum absolute atomic E-state index is 12.8. The molecule has 2 fully saturated rings. The second-order valence-corrected chi connectivity index (χ2v) is 10.6. The molecule has 1 aromatic carbocycles. The number of hydrogen-bond acceptors (Lipinski definition) is 4. The van der Waals surface area contributed by atoms with Gasteiger partial charge < -0.3 is 26.2 Å². The van der Waals surface area contributed by atoms with Gasteiger partial charge in [-0.15, -0.1) is 0 Å². The van der Waals surface area contributed by atoms with E-state index in [-0.39, 0.29) is 29.2 Å². The van der Waals surface area contributed by atoms with Gasteiger partial charge in [0.1, 0.15) is 0 Å². The van der Waals surface area contributed by atoms with Crippen LogP contribution in [0.25, 0.3) is 0 Å². The smallest absolute Gasteiger partial charge is 0.317 e. The quantitative estimate of drug-likeness (QED) is 0.517. The predicted molar refractivity (Wildman–Crippen MR) is 126 cm³/mol. The van der Waals surface area contributed by atoms with Crippen LogP contribution in [0.15, 0.2) is 24.3 Å². The molecule has 0 saturated carbocycles. The van der Waals surface area contributed by atoms with Crippen molar-refractivity contribution >= 4 is 35.1 Å². The van der Waals surface area contributed by atoms with Crippen LogP contribution in [0.1, 0.15) is 53.4 Å². The number of piperidine rings is 2. The molecule has 0 bridgehead atoms. The average molecular weight is 464 g/mol. The summed E-state index contributed by atoms with van der Waals surface area (Å²) in [6.07, 6.45) is 2.96. The van der Waals surface area contributed by atoms with Gasteiger partial charge in [0.05, 0.1) is 0 Å². The van der Waals surface area contributed by atoms with Crippen LogP contribution < -0.4 is 21.3 Å². The molecule has 0 atom stereocenters. The van der Waals surface area contributed by atoms with Crippen LogP contribution in [0.5, 0.6) is 0 Å². The molecule has 0 aromatic heterocycles. The third kappa shape index (κ3) is 6.84. The standard InChI is InChI=1S/C23H34ClN5O3/c1-22(2)13-18(14-23(3,4)28-22)27-21(32)29-11-9-17(10-12-29)26-20(31)19(30)25-16-7-5-15(24)6-8-16/h5-8,17-18,28H,9-14H2,1-4H3,(H,25,30)(H,26,31)(H,27,32). The maximum Gasteiger partial charge on any atom is 0.317 e. The van der Waals surface area contributed by atoms with E-state index in [4.69, 9.17) is 11.6 Å². The van der Waals surface area contributed by atoms with E-state index < -0.39 is 11.8 Å². The van der Waals surface area contributed by atoms with Gasteiger partial charge in [0.2, 0.25) is 0 Å². The molecule has 2 aliphatic heterocycles. The van der Waals surface area contributed by atoms with Crippen molar-refractivity contribution in [1.82, 2.24) is 20.9 Å². The van der Waals surface area contributed by atoms with Crippen LogP contribution in [0.3, 0.4) is 0 Å². The molecule has 2 saturated heterocycles. The summed E-state index contributed by atoms with van der Waals surface area (Å²) < 4.78 is 0. The normalized spacial score (nSPS) is 21.0. The van der Waals surface area contributed by atoms with E-state index in [1.165, 1.54) is 0 Å². The summed E-state index contributed by atoms with van der Waals surface area (Å²) in [7, 11) is 0. The Hall–Kier alpha value is -2.32. The first-order valence-electron chi connectivity index (χ1n) is 11.1. The zero-order valence-corrected chi connectivity index (χ0v) is 20.0. The van der Waals surface area contributed by atoms with Crippen LogP contribution >= 0.6 is 11.6 Å². The predicted octanol–water partition coefficient (Wildman–Crippen LogP) is 2.88. The van der Waals surface area contributed by atoms with E-state index >= 15 is 0 Å². The summed E-state index contributed by atoms with van der Waals surface area (Å²) in [5.41, 5.74) is 0.429. The van der Waals surface area contributed by atoms with Crippen molar-refractivity contribution in [3.63, 3.8) is 0 Å². The number of rotatable bonds is 3. The molecule has 4 amide bonds. The summed E-state index contributed by atoms with van der Waals surface area (Å²) in [5.74, 6) is -1.40. The molecule has 0 unspecified atom stereocenters. The van der Waals surface area contributed by atoms with Crippen molar-refractivity contribution in [2.75, 3.05) is 18.4 Å². The second-order valence-electron chi connectivity index (χ2n) is 10.1. The Bertz CT molecular complexity index is 832. The van der Waals surface area contributed by atoms with E-state index in [9.17, 15) is 14.4 Å². The molecule has 4 N–H and O–H groups in total. The minimum absolute atomic E-state index is 0.0381. The van der Waals surface area contributed by atoms with Gasteiger partial charge in [-0.1, -0.05) is 11.6 Å². The topological polar surface area (TPSA) is 103 Å². The van der Waals surface area contributed by atoms with Gasteiger partial charge >= 0.3 is 17.8 Å². The summed E-state index contributed by atoms with van der Waals surface area (Å²) in [4.78, 5) is 38.9. The van der Waals surface area contributed by atoms with Gasteiger partial charge in [-0.25, -0.2) is 4.79 Å². The van der Waals surface area contributed by atoms with Crippen LogP contribution in [0, 0.1) is 0 Å². The molecular formula is C23H34ClN5O3. The fraction of sp³-hybridized carbons (Fsp3) is 0.609. The van der Waals surface area contributed by atoms with Crippen LogP contribution in [0.2, 0.25) is 5.02 Å². The van der Waals surface area contributed by atoms with E-state index in [2.05, 4.69) is 49.0 Å². The molecule has 0 radical (unpaired) electrons. The Morgan fingerprint density at radius 1 is 0.906 bits per heavy atom. The summed E-state index contributed by atoms with van der Waals surface area (Å²) in [5, 5.41) is 12.7. The largest absolute Gasteiger partial charge is 0.345 e. The van der Waals surface area contributed by atoms with Gasteiger partial charge in [-0.3, -0.25) is 9.59 Å². The lowest BCUT2D eigenvalue weighted by Gasteiger charge is -2.47. The highest BCUT2D eigenvalue weighted by Gasteiger charge is 2.38. The third-order valence-electron chi connectivity index (χ3n) is 5.94. The highest BCUT2D eigenvalue weighted by Crippen LogP contribution is 2.28. The molecule has 8 nitrogen and oxygen atoms in total. The highest BCUT2D eigenvalue weighted by atomic mass is 35.5. The van der Waals surface area contributed by atoms with Gasteiger partial charge in [-0.2, -0.15) is 0 Å². The number of nitrogens with zero attached hydrogens (tertiary/aromatic N) is 1. The van der Waals surface area contributed by atoms with Crippen molar-refractivity contribution in [1.29, 1.82) is 0 Å². The summed E-state index contributed by atoms with van der Waals surface area (Å²) >= 11 is 5.83. The molecule has 176 valence electrons. The first kappa shape index (κ1) is 24.3. The van der Waals surface area contributed by atoms with Crippen molar-refractivity contribution in [3.05, 3.63) is 29.3 Å².